The molecular formula is C22H46SnTe. The van der Waals surface area contributed by atoms with Gasteiger partial charge in [0.1, 0.15) is 0 Å². The molecule has 0 saturated heterocycles. The maximum atomic E-state index is 2.85. The van der Waals surface area contributed by atoms with Crippen LogP contribution in [0.4, 0.5) is 0 Å². The molecule has 0 aliphatic carbocycles. The zero-order valence-electron chi connectivity index (χ0n) is 17.6. The normalized spacial score (nSPS) is 12.8. The first-order valence-electron chi connectivity index (χ1n) is 11.0. The molecule has 0 aromatic heterocycles. The van der Waals surface area contributed by atoms with Crippen LogP contribution in [-0.4, -0.2) is 39.3 Å². The second-order valence-corrected chi connectivity index (χ2v) is 27.1. The van der Waals surface area contributed by atoms with E-state index >= 15 is 0 Å². The summed E-state index contributed by atoms with van der Waals surface area (Å²) >= 11 is -1.93. The van der Waals surface area contributed by atoms with Crippen LogP contribution in [0.3, 0.4) is 0 Å². The zero-order chi connectivity index (χ0) is 18.1. The standard InChI is InChI=1S/C10H19Te.3C4H9.Sn/c1-3-5-7-8-10-11-9-6-4-2;3*1-3-4-2;/h8H,3-7,9H2,1-2H3;3*1,3-4H2,2H3;. The molecule has 0 radical (unpaired) electrons. The van der Waals surface area contributed by atoms with E-state index in [4.69, 9.17) is 0 Å². The summed E-state index contributed by atoms with van der Waals surface area (Å²) < 4.78 is 8.83. The predicted octanol–water partition coefficient (Wildman–Crippen LogP) is 8.37. The van der Waals surface area contributed by atoms with Gasteiger partial charge >= 0.3 is 170 Å². The molecule has 24 heavy (non-hydrogen) atoms. The first-order chi connectivity index (χ1) is 11.7. The SMILES string of the molecule is CCCC/C=[C](/[Te]CCCC)[Sn]([CH2]CCC)([CH2]CCC)[CH2]CCC. The average molecular weight is 557 g/mol. The van der Waals surface area contributed by atoms with Gasteiger partial charge in [-0.1, -0.05) is 0 Å². The third kappa shape index (κ3) is 11.1. The summed E-state index contributed by atoms with van der Waals surface area (Å²) in [6.45, 7) is 11.9. The van der Waals surface area contributed by atoms with Crippen LogP contribution in [0, 0.1) is 0 Å². The van der Waals surface area contributed by atoms with Crippen LogP contribution in [0.15, 0.2) is 7.71 Å². The van der Waals surface area contributed by atoms with Crippen molar-refractivity contribution in [2.45, 2.75) is 123 Å². The van der Waals surface area contributed by atoms with Gasteiger partial charge in [0.05, 0.1) is 0 Å². The Morgan fingerprint density at radius 2 is 1.12 bits per heavy atom. The van der Waals surface area contributed by atoms with E-state index in [0.29, 0.717) is 0 Å². The third-order valence-corrected chi connectivity index (χ3v) is 33.8. The molecule has 0 nitrogen and oxygen atoms in total. The molecule has 0 aliphatic heterocycles. The van der Waals surface area contributed by atoms with Crippen LogP contribution in [0.25, 0.3) is 0 Å². The number of hydrogen-bond acceptors (Lipinski definition) is 0. The number of rotatable bonds is 17. The number of unbranched alkanes of at least 4 members (excludes halogenated alkanes) is 6. The summed E-state index contributed by atoms with van der Waals surface area (Å²) in [5, 5.41) is 0. The Balaban J connectivity index is 5.36. The van der Waals surface area contributed by atoms with Gasteiger partial charge in [-0.05, 0) is 0 Å². The minimum absolute atomic E-state index is 0.143. The molecule has 2 heteroatoms. The molecule has 0 aromatic rings. The minimum atomic E-state index is -2.07. The van der Waals surface area contributed by atoms with Gasteiger partial charge < -0.3 is 0 Å². The number of allylic oxidation sites excluding steroid dienone is 1. The second kappa shape index (κ2) is 17.7. The molecule has 0 spiro atoms. The second-order valence-electron chi connectivity index (χ2n) is 7.50. The van der Waals surface area contributed by atoms with E-state index in [2.05, 4.69) is 42.3 Å². The van der Waals surface area contributed by atoms with Crippen molar-refractivity contribution in [2.75, 3.05) is 0 Å². The fourth-order valence-electron chi connectivity index (χ4n) is 3.48. The summed E-state index contributed by atoms with van der Waals surface area (Å²) in [4.78, 5) is 0. The van der Waals surface area contributed by atoms with Crippen molar-refractivity contribution in [3.8, 4) is 0 Å². The Morgan fingerprint density at radius 1 is 0.667 bits per heavy atom. The Kier molecular flexibility index (Phi) is 18.7. The predicted molar refractivity (Wildman–Crippen MR) is 118 cm³/mol. The molecule has 0 fully saturated rings. The van der Waals surface area contributed by atoms with Gasteiger partial charge in [0.2, 0.25) is 0 Å². The molecule has 0 saturated carbocycles. The van der Waals surface area contributed by atoms with Gasteiger partial charge in [-0.3, -0.25) is 0 Å². The van der Waals surface area contributed by atoms with Crippen LogP contribution in [-0.2, 0) is 0 Å². The van der Waals surface area contributed by atoms with Crippen molar-refractivity contribution in [1.29, 1.82) is 0 Å². The van der Waals surface area contributed by atoms with Crippen LogP contribution in [0.2, 0.25) is 17.8 Å². The molecule has 0 heterocycles. The van der Waals surface area contributed by atoms with E-state index in [-0.39, 0.29) is 20.9 Å². The average Bonchev–Trinajstić information content (AvgIpc) is 2.60. The monoisotopic (exact) mass is 560 g/mol. The number of hydrogen-bond donors (Lipinski definition) is 0. The summed E-state index contributed by atoms with van der Waals surface area (Å²) in [5.74, 6) is 0. The van der Waals surface area contributed by atoms with E-state index < -0.39 is 18.4 Å². The van der Waals surface area contributed by atoms with E-state index in [0.717, 1.165) is 0 Å². The van der Waals surface area contributed by atoms with Crippen LogP contribution in [0.5, 0.6) is 0 Å². The summed E-state index contributed by atoms with van der Waals surface area (Å²) in [7, 11) is 0. The van der Waals surface area contributed by atoms with E-state index in [9.17, 15) is 0 Å². The van der Waals surface area contributed by atoms with E-state index in [1.807, 2.05) is 0 Å². The summed E-state index contributed by atoms with van der Waals surface area (Å²) in [5.41, 5.74) is 0. The van der Waals surface area contributed by atoms with Crippen molar-refractivity contribution < 1.29 is 0 Å². The molecule has 0 bridgehead atoms. The molecule has 0 rings (SSSR count). The first kappa shape index (κ1) is 25.3. The van der Waals surface area contributed by atoms with E-state index in [1.165, 1.54) is 70.6 Å². The Bertz CT molecular complexity index is 277. The first-order valence-corrected chi connectivity index (χ1v) is 21.3. The molecule has 0 aliphatic rings. The third-order valence-electron chi connectivity index (χ3n) is 5.19. The molecule has 144 valence electrons. The summed E-state index contributed by atoms with van der Waals surface area (Å²) in [6, 6.07) is 0. The van der Waals surface area contributed by atoms with Gasteiger partial charge in [0.25, 0.3) is 0 Å². The van der Waals surface area contributed by atoms with Crippen molar-refractivity contribution in [3.05, 3.63) is 7.71 Å². The Labute approximate surface area is 169 Å². The van der Waals surface area contributed by atoms with Gasteiger partial charge in [0, 0.05) is 0 Å². The van der Waals surface area contributed by atoms with Crippen LogP contribution >= 0.6 is 0 Å². The quantitative estimate of drug-likeness (QED) is 0.125. The fourth-order valence-corrected chi connectivity index (χ4v) is 35.3. The molecule has 0 N–H and O–H groups in total. The zero-order valence-corrected chi connectivity index (χ0v) is 22.8. The summed E-state index contributed by atoms with van der Waals surface area (Å²) in [6.07, 6.45) is 18.7. The van der Waals surface area contributed by atoms with Gasteiger partial charge in [-0.25, -0.2) is 0 Å². The van der Waals surface area contributed by atoms with Crippen molar-refractivity contribution >= 4 is 39.3 Å². The van der Waals surface area contributed by atoms with Gasteiger partial charge in [-0.15, -0.1) is 0 Å². The molecule has 0 aromatic carbocycles. The topological polar surface area (TPSA) is 0 Å². The van der Waals surface area contributed by atoms with Gasteiger partial charge in [-0.2, -0.15) is 0 Å². The van der Waals surface area contributed by atoms with Crippen molar-refractivity contribution in [2.24, 2.45) is 0 Å². The van der Waals surface area contributed by atoms with E-state index in [1.54, 1.807) is 17.8 Å². The molecule has 0 unspecified atom stereocenters. The van der Waals surface area contributed by atoms with Crippen LogP contribution in [0.1, 0.15) is 105 Å². The van der Waals surface area contributed by atoms with Crippen molar-refractivity contribution in [3.63, 3.8) is 0 Å². The Morgan fingerprint density at radius 3 is 1.54 bits per heavy atom. The molecule has 0 atom stereocenters. The Hall–Kier alpha value is 1.33. The molecule has 0 amide bonds. The maximum absolute atomic E-state index is 2.85. The van der Waals surface area contributed by atoms with Gasteiger partial charge in [0.15, 0.2) is 0 Å². The fraction of sp³-hybridized carbons (Fsp3) is 0.909. The van der Waals surface area contributed by atoms with Crippen LogP contribution < -0.4 is 0 Å². The van der Waals surface area contributed by atoms with Crippen molar-refractivity contribution in [1.82, 2.24) is 0 Å². The molecular weight excluding hydrogens is 511 g/mol.